The van der Waals surface area contributed by atoms with Crippen LogP contribution in [0.2, 0.25) is 0 Å². The first-order chi connectivity index (χ1) is 18.7. The number of nitrogens with one attached hydrogen (secondary N) is 2. The second-order valence-electron chi connectivity index (χ2n) is 10.8. The van der Waals surface area contributed by atoms with Crippen LogP contribution in [0.15, 0.2) is 0 Å². The van der Waals surface area contributed by atoms with Gasteiger partial charge >= 0.3 is 18.0 Å². The third-order valence-electron chi connectivity index (χ3n) is 5.91. The number of hydrogen-bond donors (Lipinski definition) is 4. The first kappa shape index (κ1) is 37.1. The topological polar surface area (TPSA) is 169 Å². The second kappa shape index (κ2) is 20.0. The second-order valence-corrected chi connectivity index (χ2v) is 10.8. The van der Waals surface area contributed by atoms with Crippen LogP contribution in [0, 0.1) is 0 Å². The Morgan fingerprint density at radius 1 is 0.900 bits per heavy atom. The lowest BCUT2D eigenvalue weighted by Crippen LogP contribution is -2.53. The van der Waals surface area contributed by atoms with Crippen molar-refractivity contribution in [3.8, 4) is 0 Å². The Hall–Kier alpha value is -2.93. The summed E-state index contributed by atoms with van der Waals surface area (Å²) in [7, 11) is 0. The van der Waals surface area contributed by atoms with Crippen molar-refractivity contribution in [2.24, 2.45) is 0 Å². The minimum absolute atomic E-state index is 0.214. The number of piperazine rings is 1. The fraction of sp³-hybridized carbons (Fsp3) is 0.815. The van der Waals surface area contributed by atoms with E-state index in [1.165, 1.54) is 12.8 Å². The minimum Gasteiger partial charge on any atom is -0.480 e. The molecule has 0 aromatic carbocycles. The van der Waals surface area contributed by atoms with E-state index < -0.39 is 41.9 Å². The van der Waals surface area contributed by atoms with Gasteiger partial charge in [-0.25, -0.2) is 9.59 Å². The molecular formula is C27H51N5O8. The quantitative estimate of drug-likeness (QED) is 0.226. The van der Waals surface area contributed by atoms with Crippen LogP contribution in [0.4, 0.5) is 4.79 Å². The molecule has 40 heavy (non-hydrogen) atoms. The molecule has 1 unspecified atom stereocenters. The van der Waals surface area contributed by atoms with E-state index in [1.807, 2.05) is 6.92 Å². The van der Waals surface area contributed by atoms with E-state index in [-0.39, 0.29) is 19.2 Å². The highest BCUT2D eigenvalue weighted by Gasteiger charge is 2.27. The van der Waals surface area contributed by atoms with Gasteiger partial charge in [-0.05, 0) is 27.2 Å². The van der Waals surface area contributed by atoms with Crippen molar-refractivity contribution >= 4 is 29.8 Å². The number of ether oxygens (including phenoxy) is 1. The van der Waals surface area contributed by atoms with Gasteiger partial charge in [0.15, 0.2) is 0 Å². The predicted octanol–water partition coefficient (Wildman–Crippen LogP) is 1.61. The van der Waals surface area contributed by atoms with Gasteiger partial charge in [-0.2, -0.15) is 0 Å². The first-order valence-electron chi connectivity index (χ1n) is 14.2. The predicted molar refractivity (Wildman–Crippen MR) is 151 cm³/mol. The minimum atomic E-state index is -1.18. The number of carboxylic acids is 2. The lowest BCUT2D eigenvalue weighted by Gasteiger charge is -2.36. The van der Waals surface area contributed by atoms with E-state index in [9.17, 15) is 29.1 Å². The molecule has 4 N–H and O–H groups in total. The Kier molecular flexibility index (Phi) is 18.6. The molecule has 1 aliphatic rings. The molecule has 0 radical (unpaired) electrons. The molecule has 0 bridgehead atoms. The average molecular weight is 574 g/mol. The van der Waals surface area contributed by atoms with E-state index >= 15 is 0 Å². The highest BCUT2D eigenvalue weighted by molar-refractivity contribution is 5.86. The van der Waals surface area contributed by atoms with Gasteiger partial charge in [0.2, 0.25) is 11.8 Å². The van der Waals surface area contributed by atoms with Crippen molar-refractivity contribution in [2.75, 3.05) is 58.9 Å². The number of aliphatic carboxylic acids is 2. The summed E-state index contributed by atoms with van der Waals surface area (Å²) in [6.07, 6.45) is 4.01. The summed E-state index contributed by atoms with van der Waals surface area (Å²) in [5.74, 6) is -3.39. The fourth-order valence-corrected chi connectivity index (χ4v) is 3.52. The maximum atomic E-state index is 12.5. The van der Waals surface area contributed by atoms with Crippen LogP contribution in [0.25, 0.3) is 0 Å². The van der Waals surface area contributed by atoms with Crippen LogP contribution in [0.5, 0.6) is 0 Å². The van der Waals surface area contributed by atoms with Crippen molar-refractivity contribution in [3.63, 3.8) is 0 Å². The summed E-state index contributed by atoms with van der Waals surface area (Å²) in [4.78, 5) is 64.4. The van der Waals surface area contributed by atoms with Gasteiger partial charge in [0.25, 0.3) is 0 Å². The van der Waals surface area contributed by atoms with Crippen molar-refractivity contribution in [2.45, 2.75) is 85.3 Å². The number of carboxylic acid groups (broad SMARTS) is 2. The van der Waals surface area contributed by atoms with Gasteiger partial charge in [-0.3, -0.25) is 24.2 Å². The average Bonchev–Trinajstić information content (AvgIpc) is 2.87. The molecule has 1 saturated heterocycles. The molecule has 0 aromatic heterocycles. The highest BCUT2D eigenvalue weighted by Crippen LogP contribution is 2.12. The molecule has 13 nitrogen and oxygen atoms in total. The molecule has 1 rings (SSSR count). The number of amides is 3. The van der Waals surface area contributed by atoms with Gasteiger partial charge in [0, 0.05) is 39.3 Å². The maximum Gasteiger partial charge on any atom is 0.410 e. The van der Waals surface area contributed by atoms with Gasteiger partial charge in [0.05, 0.1) is 13.1 Å². The lowest BCUT2D eigenvalue weighted by atomic mass is 10.1. The summed E-state index contributed by atoms with van der Waals surface area (Å²) in [6, 6.07) is -1.01. The Morgan fingerprint density at radius 3 is 1.95 bits per heavy atom. The SMILES string of the molecule is CCCC.CCCCC(NC(=O)CN(CCN1CCN(C(=O)OC(C)(C)C)CC1)CC(=O)NCC(=O)O)C(=O)O. The fourth-order valence-electron chi connectivity index (χ4n) is 3.52. The first-order valence-corrected chi connectivity index (χ1v) is 14.2. The Morgan fingerprint density at radius 2 is 1.48 bits per heavy atom. The summed E-state index contributed by atoms with van der Waals surface area (Å²) in [5.41, 5.74) is -0.577. The number of carbonyl (C=O) groups is 5. The maximum absolute atomic E-state index is 12.5. The standard InChI is InChI=1S/C23H41N5O8.C4H10/c1-5-6-7-17(21(33)34)25-19(30)16-27(15-18(29)24-14-20(31)32)9-8-26-10-12-28(13-11-26)22(35)36-23(2,3)4;1-3-4-2/h17H,5-16H2,1-4H3,(H,24,29)(H,25,30)(H,31,32)(H,33,34);3-4H2,1-2H3. The number of unbranched alkanes of at least 4 members (excludes halogenated alkanes) is 2. The van der Waals surface area contributed by atoms with Crippen LogP contribution in [0.1, 0.15) is 73.6 Å². The molecule has 1 heterocycles. The smallest absolute Gasteiger partial charge is 0.410 e. The molecule has 1 atom stereocenters. The molecule has 1 aliphatic heterocycles. The van der Waals surface area contributed by atoms with Crippen LogP contribution < -0.4 is 10.6 Å². The highest BCUT2D eigenvalue weighted by atomic mass is 16.6. The van der Waals surface area contributed by atoms with Gasteiger partial charge in [-0.15, -0.1) is 0 Å². The molecule has 0 spiro atoms. The number of carbonyl (C=O) groups excluding carboxylic acids is 3. The monoisotopic (exact) mass is 573 g/mol. The van der Waals surface area contributed by atoms with Crippen molar-refractivity contribution < 1.29 is 38.9 Å². The largest absolute Gasteiger partial charge is 0.480 e. The van der Waals surface area contributed by atoms with E-state index in [0.29, 0.717) is 52.1 Å². The Labute approximate surface area is 238 Å². The zero-order valence-electron chi connectivity index (χ0n) is 25.2. The van der Waals surface area contributed by atoms with Gasteiger partial charge in [0.1, 0.15) is 18.2 Å². The van der Waals surface area contributed by atoms with E-state index in [1.54, 1.807) is 30.6 Å². The van der Waals surface area contributed by atoms with Crippen LogP contribution in [0.3, 0.4) is 0 Å². The van der Waals surface area contributed by atoms with Gasteiger partial charge in [-0.1, -0.05) is 46.5 Å². The number of hydrogen-bond acceptors (Lipinski definition) is 8. The van der Waals surface area contributed by atoms with Crippen molar-refractivity contribution in [1.82, 2.24) is 25.3 Å². The summed E-state index contributed by atoms with van der Waals surface area (Å²) < 4.78 is 5.40. The zero-order chi connectivity index (χ0) is 30.7. The Balaban J connectivity index is 0.00000354. The zero-order valence-corrected chi connectivity index (χ0v) is 25.2. The summed E-state index contributed by atoms with van der Waals surface area (Å²) in [6.45, 7) is 13.7. The molecule has 0 saturated carbocycles. The third-order valence-corrected chi connectivity index (χ3v) is 5.91. The summed E-state index contributed by atoms with van der Waals surface area (Å²) >= 11 is 0. The van der Waals surface area contributed by atoms with Gasteiger partial charge < -0.3 is 30.5 Å². The molecule has 1 fully saturated rings. The van der Waals surface area contributed by atoms with E-state index in [2.05, 4.69) is 29.4 Å². The van der Waals surface area contributed by atoms with Crippen LogP contribution >= 0.6 is 0 Å². The van der Waals surface area contributed by atoms with Crippen LogP contribution in [-0.4, -0.2) is 125 Å². The molecule has 0 aromatic rings. The number of nitrogens with zero attached hydrogens (tertiary/aromatic N) is 3. The molecular weight excluding hydrogens is 522 g/mol. The molecule has 0 aliphatic carbocycles. The molecule has 232 valence electrons. The normalized spacial score (nSPS) is 14.5. The van der Waals surface area contributed by atoms with Crippen molar-refractivity contribution in [3.05, 3.63) is 0 Å². The molecule has 3 amide bonds. The third kappa shape index (κ3) is 18.4. The van der Waals surface area contributed by atoms with E-state index in [4.69, 9.17) is 9.84 Å². The van der Waals surface area contributed by atoms with Crippen LogP contribution in [-0.2, 0) is 23.9 Å². The lowest BCUT2D eigenvalue weighted by molar-refractivity contribution is -0.142. The summed E-state index contributed by atoms with van der Waals surface area (Å²) in [5, 5.41) is 22.9. The van der Waals surface area contributed by atoms with E-state index in [0.717, 1.165) is 6.42 Å². The molecule has 13 heteroatoms. The Bertz CT molecular complexity index is 792. The van der Waals surface area contributed by atoms with Crippen molar-refractivity contribution in [1.29, 1.82) is 0 Å². The number of rotatable bonds is 15.